The van der Waals surface area contributed by atoms with E-state index in [1.165, 1.54) is 11.1 Å². The molecule has 0 aliphatic carbocycles. The second-order valence-corrected chi connectivity index (χ2v) is 5.02. The molecule has 0 saturated carbocycles. The summed E-state index contributed by atoms with van der Waals surface area (Å²) in [6.07, 6.45) is 0. The van der Waals surface area contributed by atoms with Gasteiger partial charge in [0.05, 0.1) is 6.61 Å². The van der Waals surface area contributed by atoms with Crippen LogP contribution in [0.15, 0.2) is 54.6 Å². The molecule has 0 fully saturated rings. The Balaban J connectivity index is 1.95. The van der Waals surface area contributed by atoms with Gasteiger partial charge in [-0.15, -0.1) is 9.24 Å². The molecule has 2 rings (SSSR count). The molecular formula is C16H20NOP. The lowest BCUT2D eigenvalue weighted by atomic mass is 10.2. The standard InChI is InChI=1S/C16H20NOP/c1-2-18-15-10-6-9-14(11-15)16(19)17-12-13-7-4-3-5-8-13/h3-11,16-17H,2,12,19H2,1H3. The van der Waals surface area contributed by atoms with Crippen molar-refractivity contribution in [3.8, 4) is 5.75 Å². The van der Waals surface area contributed by atoms with Crippen molar-refractivity contribution in [3.63, 3.8) is 0 Å². The normalized spacial score (nSPS) is 12.1. The highest BCUT2D eigenvalue weighted by molar-refractivity contribution is 7.17. The van der Waals surface area contributed by atoms with Gasteiger partial charge in [-0.05, 0) is 30.2 Å². The van der Waals surface area contributed by atoms with E-state index < -0.39 is 0 Å². The van der Waals surface area contributed by atoms with E-state index in [4.69, 9.17) is 4.74 Å². The van der Waals surface area contributed by atoms with Crippen LogP contribution in [0.2, 0.25) is 0 Å². The number of hydrogen-bond acceptors (Lipinski definition) is 2. The molecule has 2 aromatic rings. The Labute approximate surface area is 117 Å². The molecule has 0 aliphatic rings. The van der Waals surface area contributed by atoms with Crippen LogP contribution in [0.3, 0.4) is 0 Å². The summed E-state index contributed by atoms with van der Waals surface area (Å²) in [5.74, 6) is 1.15. The number of hydrogen-bond donors (Lipinski definition) is 1. The minimum Gasteiger partial charge on any atom is -0.494 e. The van der Waals surface area contributed by atoms with Crippen LogP contribution in [0.4, 0.5) is 0 Å². The maximum absolute atomic E-state index is 5.52. The van der Waals surface area contributed by atoms with Gasteiger partial charge in [0.25, 0.3) is 0 Å². The van der Waals surface area contributed by atoms with Crippen LogP contribution in [0, 0.1) is 0 Å². The van der Waals surface area contributed by atoms with Crippen LogP contribution >= 0.6 is 9.24 Å². The van der Waals surface area contributed by atoms with Crippen LogP contribution in [0.1, 0.15) is 23.8 Å². The largest absolute Gasteiger partial charge is 0.494 e. The third-order valence-corrected chi connectivity index (χ3v) is 3.52. The fourth-order valence-electron chi connectivity index (χ4n) is 1.91. The minimum atomic E-state index is 0.223. The summed E-state index contributed by atoms with van der Waals surface area (Å²) in [6.45, 7) is 3.55. The average Bonchev–Trinajstić information content (AvgIpc) is 2.46. The molecule has 0 spiro atoms. The quantitative estimate of drug-likeness (QED) is 0.809. The Morgan fingerprint density at radius 3 is 2.63 bits per heavy atom. The molecule has 0 radical (unpaired) electrons. The Hall–Kier alpha value is -1.37. The van der Waals surface area contributed by atoms with E-state index in [0.29, 0.717) is 6.61 Å². The number of ether oxygens (including phenoxy) is 1. The molecule has 0 aromatic heterocycles. The molecule has 2 unspecified atom stereocenters. The Morgan fingerprint density at radius 1 is 1.11 bits per heavy atom. The molecule has 3 heteroatoms. The van der Waals surface area contributed by atoms with E-state index in [1.807, 2.05) is 25.1 Å². The summed E-state index contributed by atoms with van der Waals surface area (Å²) in [6, 6.07) is 18.6. The van der Waals surface area contributed by atoms with Crippen LogP contribution in [0.5, 0.6) is 5.75 Å². The lowest BCUT2D eigenvalue weighted by Crippen LogP contribution is -2.15. The Morgan fingerprint density at radius 2 is 1.89 bits per heavy atom. The highest BCUT2D eigenvalue weighted by atomic mass is 31.0. The molecule has 0 saturated heterocycles. The molecule has 2 aromatic carbocycles. The second kappa shape index (κ2) is 7.28. The van der Waals surface area contributed by atoms with Crippen LogP contribution in [-0.4, -0.2) is 6.61 Å². The van der Waals surface area contributed by atoms with Crippen molar-refractivity contribution in [2.75, 3.05) is 6.61 Å². The van der Waals surface area contributed by atoms with E-state index in [2.05, 4.69) is 51.0 Å². The summed E-state index contributed by atoms with van der Waals surface area (Å²) in [4.78, 5) is 0. The van der Waals surface area contributed by atoms with Crippen molar-refractivity contribution in [2.45, 2.75) is 19.3 Å². The van der Waals surface area contributed by atoms with E-state index in [-0.39, 0.29) is 5.78 Å². The first-order valence-electron chi connectivity index (χ1n) is 6.55. The van der Waals surface area contributed by atoms with E-state index in [9.17, 15) is 0 Å². The van der Waals surface area contributed by atoms with Gasteiger partial charge < -0.3 is 10.1 Å². The Kier molecular flexibility index (Phi) is 5.38. The van der Waals surface area contributed by atoms with Gasteiger partial charge in [-0.3, -0.25) is 0 Å². The van der Waals surface area contributed by atoms with Crippen molar-refractivity contribution in [2.24, 2.45) is 0 Å². The maximum atomic E-state index is 5.52. The summed E-state index contributed by atoms with van der Waals surface area (Å²) in [5, 5.41) is 3.49. The monoisotopic (exact) mass is 273 g/mol. The molecule has 0 aliphatic heterocycles. The fourth-order valence-corrected chi connectivity index (χ4v) is 2.23. The SMILES string of the molecule is CCOc1cccc(C(P)NCc2ccccc2)c1. The second-order valence-electron chi connectivity index (χ2n) is 4.35. The zero-order chi connectivity index (χ0) is 13.5. The predicted octanol–water partition coefficient (Wildman–Crippen LogP) is 3.75. The summed E-state index contributed by atoms with van der Waals surface area (Å²) >= 11 is 0. The maximum Gasteiger partial charge on any atom is 0.119 e. The van der Waals surface area contributed by atoms with Gasteiger partial charge in [0, 0.05) is 12.3 Å². The van der Waals surface area contributed by atoms with Crippen LogP contribution in [-0.2, 0) is 6.54 Å². The first-order chi connectivity index (χ1) is 9.29. The third-order valence-electron chi connectivity index (χ3n) is 2.90. The van der Waals surface area contributed by atoms with Gasteiger partial charge in [-0.1, -0.05) is 42.5 Å². The molecule has 1 N–H and O–H groups in total. The third kappa shape index (κ3) is 4.34. The van der Waals surface area contributed by atoms with E-state index >= 15 is 0 Å². The zero-order valence-electron chi connectivity index (χ0n) is 11.2. The topological polar surface area (TPSA) is 21.3 Å². The molecule has 0 heterocycles. The summed E-state index contributed by atoms with van der Waals surface area (Å²) in [5.41, 5.74) is 2.50. The zero-order valence-corrected chi connectivity index (χ0v) is 12.3. The van der Waals surface area contributed by atoms with Gasteiger partial charge in [0.1, 0.15) is 5.75 Å². The van der Waals surface area contributed by atoms with Gasteiger partial charge in [-0.25, -0.2) is 0 Å². The fraction of sp³-hybridized carbons (Fsp3) is 0.250. The summed E-state index contributed by atoms with van der Waals surface area (Å²) < 4.78 is 5.52. The van der Waals surface area contributed by atoms with Gasteiger partial charge in [-0.2, -0.15) is 0 Å². The average molecular weight is 273 g/mol. The van der Waals surface area contributed by atoms with Gasteiger partial charge in [0.2, 0.25) is 0 Å². The smallest absolute Gasteiger partial charge is 0.119 e. The predicted molar refractivity (Wildman–Crippen MR) is 83.3 cm³/mol. The molecule has 19 heavy (non-hydrogen) atoms. The Bertz CT molecular complexity index is 501. The molecule has 0 amide bonds. The molecule has 2 nitrogen and oxygen atoms in total. The van der Waals surface area contributed by atoms with Crippen molar-refractivity contribution in [1.29, 1.82) is 0 Å². The van der Waals surface area contributed by atoms with E-state index in [0.717, 1.165) is 12.3 Å². The van der Waals surface area contributed by atoms with Crippen molar-refractivity contribution in [1.82, 2.24) is 5.32 Å². The number of benzene rings is 2. The lowest BCUT2D eigenvalue weighted by Gasteiger charge is -2.15. The highest BCUT2D eigenvalue weighted by Gasteiger charge is 2.06. The van der Waals surface area contributed by atoms with Crippen molar-refractivity contribution >= 4 is 9.24 Å². The van der Waals surface area contributed by atoms with Gasteiger partial charge in [0.15, 0.2) is 0 Å². The molecular weight excluding hydrogens is 253 g/mol. The number of rotatable bonds is 6. The highest BCUT2D eigenvalue weighted by Crippen LogP contribution is 2.24. The minimum absolute atomic E-state index is 0.223. The first-order valence-corrected chi connectivity index (χ1v) is 7.22. The lowest BCUT2D eigenvalue weighted by molar-refractivity contribution is 0.340. The van der Waals surface area contributed by atoms with Crippen molar-refractivity contribution in [3.05, 3.63) is 65.7 Å². The summed E-state index contributed by atoms with van der Waals surface area (Å²) in [7, 11) is 2.84. The van der Waals surface area contributed by atoms with Crippen molar-refractivity contribution < 1.29 is 4.74 Å². The van der Waals surface area contributed by atoms with Gasteiger partial charge >= 0.3 is 0 Å². The first kappa shape index (κ1) is 14.0. The van der Waals surface area contributed by atoms with Crippen LogP contribution in [0.25, 0.3) is 0 Å². The molecule has 100 valence electrons. The number of nitrogens with one attached hydrogen (secondary N) is 1. The molecule has 2 atom stereocenters. The molecule has 0 bridgehead atoms. The van der Waals surface area contributed by atoms with Crippen LogP contribution < -0.4 is 10.1 Å². The van der Waals surface area contributed by atoms with E-state index in [1.54, 1.807) is 0 Å².